The Kier molecular flexibility index (Phi) is 3.75. The summed E-state index contributed by atoms with van der Waals surface area (Å²) in [6, 6.07) is 12.4. The lowest BCUT2D eigenvalue weighted by Crippen LogP contribution is -2.60. The molecular formula is C19H26ClN. The van der Waals surface area contributed by atoms with Crippen molar-refractivity contribution in [2.75, 3.05) is 6.54 Å². The minimum atomic E-state index is -0.120. The van der Waals surface area contributed by atoms with Gasteiger partial charge in [0.1, 0.15) is 0 Å². The van der Waals surface area contributed by atoms with Crippen molar-refractivity contribution < 1.29 is 0 Å². The lowest BCUT2D eigenvalue weighted by Gasteiger charge is -2.57. The summed E-state index contributed by atoms with van der Waals surface area (Å²) in [5, 5.41) is 0. The number of nitrogens with zero attached hydrogens (tertiary/aromatic N) is 1. The van der Waals surface area contributed by atoms with E-state index in [1.165, 1.54) is 57.1 Å². The molecule has 0 radical (unpaired) electrons. The highest BCUT2D eigenvalue weighted by molar-refractivity contribution is 6.24. The van der Waals surface area contributed by atoms with Gasteiger partial charge in [-0.3, -0.25) is 4.90 Å². The lowest BCUT2D eigenvalue weighted by atomic mass is 9.65. The number of piperidine rings is 2. The second-order valence-corrected chi connectivity index (χ2v) is 7.95. The average Bonchev–Trinajstić information content (AvgIpc) is 2.56. The van der Waals surface area contributed by atoms with E-state index in [-0.39, 0.29) is 4.87 Å². The number of hydrogen-bond donors (Lipinski definition) is 0. The molecule has 3 fully saturated rings. The summed E-state index contributed by atoms with van der Waals surface area (Å²) < 4.78 is 0. The van der Waals surface area contributed by atoms with Gasteiger partial charge >= 0.3 is 0 Å². The Labute approximate surface area is 133 Å². The molecule has 0 unspecified atom stereocenters. The van der Waals surface area contributed by atoms with E-state index >= 15 is 0 Å². The lowest BCUT2D eigenvalue weighted by molar-refractivity contribution is -0.0301. The number of fused-ring (bicyclic) bond motifs is 3. The molecule has 2 saturated heterocycles. The van der Waals surface area contributed by atoms with Gasteiger partial charge in [-0.1, -0.05) is 49.6 Å². The molecule has 1 saturated carbocycles. The van der Waals surface area contributed by atoms with Crippen LogP contribution in [0.1, 0.15) is 56.9 Å². The number of alkyl halides is 1. The number of hydrogen-bond acceptors (Lipinski definition) is 1. The minimum absolute atomic E-state index is 0.120. The van der Waals surface area contributed by atoms with Crippen molar-refractivity contribution in [3.63, 3.8) is 0 Å². The first kappa shape index (κ1) is 14.1. The maximum atomic E-state index is 7.37. The fourth-order valence-electron chi connectivity index (χ4n) is 5.26. The van der Waals surface area contributed by atoms with Gasteiger partial charge in [-0.2, -0.15) is 0 Å². The molecule has 1 aliphatic carbocycles. The van der Waals surface area contributed by atoms with E-state index in [2.05, 4.69) is 35.2 Å². The van der Waals surface area contributed by atoms with Crippen molar-refractivity contribution in [3.8, 4) is 0 Å². The van der Waals surface area contributed by atoms with Gasteiger partial charge in [-0.05, 0) is 50.1 Å². The van der Waals surface area contributed by atoms with Gasteiger partial charge in [-0.25, -0.2) is 0 Å². The molecule has 114 valence electrons. The van der Waals surface area contributed by atoms with Crippen LogP contribution in [-0.4, -0.2) is 23.5 Å². The van der Waals surface area contributed by atoms with Crippen LogP contribution in [0.25, 0.3) is 0 Å². The van der Waals surface area contributed by atoms with Crippen molar-refractivity contribution in [1.29, 1.82) is 0 Å². The number of benzene rings is 1. The maximum Gasteiger partial charge on any atom is 0.0752 e. The van der Waals surface area contributed by atoms with Gasteiger partial charge in [0, 0.05) is 12.1 Å². The topological polar surface area (TPSA) is 3.24 Å². The fraction of sp³-hybridized carbons (Fsp3) is 0.684. The molecule has 0 amide bonds. The van der Waals surface area contributed by atoms with E-state index in [1.54, 1.807) is 0 Å². The van der Waals surface area contributed by atoms with E-state index in [0.717, 1.165) is 18.5 Å². The summed E-state index contributed by atoms with van der Waals surface area (Å²) >= 11 is 7.37. The van der Waals surface area contributed by atoms with Crippen LogP contribution < -0.4 is 0 Å². The maximum absolute atomic E-state index is 7.37. The third kappa shape index (κ3) is 2.33. The van der Waals surface area contributed by atoms with Gasteiger partial charge in [0.05, 0.1) is 4.87 Å². The Morgan fingerprint density at radius 1 is 0.952 bits per heavy atom. The van der Waals surface area contributed by atoms with Crippen molar-refractivity contribution >= 4 is 11.6 Å². The quantitative estimate of drug-likeness (QED) is 0.664. The van der Waals surface area contributed by atoms with E-state index in [4.69, 9.17) is 11.6 Å². The van der Waals surface area contributed by atoms with Gasteiger partial charge < -0.3 is 0 Å². The molecule has 2 aliphatic heterocycles. The predicted octanol–water partition coefficient (Wildman–Crippen LogP) is 4.94. The molecule has 0 aromatic heterocycles. The van der Waals surface area contributed by atoms with Crippen LogP contribution in [-0.2, 0) is 4.87 Å². The molecule has 1 aromatic rings. The molecule has 1 nitrogen and oxygen atoms in total. The zero-order valence-electron chi connectivity index (χ0n) is 12.8. The Bertz CT molecular complexity index is 488. The van der Waals surface area contributed by atoms with Crippen molar-refractivity contribution in [3.05, 3.63) is 35.9 Å². The summed E-state index contributed by atoms with van der Waals surface area (Å²) in [6.45, 7) is 1.31. The van der Waals surface area contributed by atoms with Gasteiger partial charge in [-0.15, -0.1) is 11.6 Å². The molecule has 0 N–H and O–H groups in total. The zero-order valence-corrected chi connectivity index (χ0v) is 13.6. The standard InChI is InChI=1S/C19H26ClN/c20-19(15-8-2-1-3-9-15)14-16-10-6-7-13-21(16)18-12-5-4-11-17(18)19/h1-3,8-9,16-18H,4-7,10-14H2/t16-,17+,18-,19-/m0/s1. The Morgan fingerprint density at radius 3 is 2.57 bits per heavy atom. The van der Waals surface area contributed by atoms with Crippen molar-refractivity contribution in [2.24, 2.45) is 5.92 Å². The van der Waals surface area contributed by atoms with Crippen molar-refractivity contribution in [1.82, 2.24) is 4.90 Å². The minimum Gasteiger partial charge on any atom is -0.297 e. The third-order valence-corrected chi connectivity index (χ3v) is 6.86. The first-order valence-electron chi connectivity index (χ1n) is 8.79. The normalized spacial score (nSPS) is 40.3. The summed E-state index contributed by atoms with van der Waals surface area (Å²) in [5.74, 6) is 0.643. The molecule has 0 bridgehead atoms. The summed E-state index contributed by atoms with van der Waals surface area (Å²) in [5.41, 5.74) is 1.37. The molecule has 2 heteroatoms. The van der Waals surface area contributed by atoms with E-state index < -0.39 is 0 Å². The molecule has 2 heterocycles. The third-order valence-electron chi connectivity index (χ3n) is 6.20. The van der Waals surface area contributed by atoms with Crippen LogP contribution in [0.2, 0.25) is 0 Å². The van der Waals surface area contributed by atoms with Gasteiger partial charge in [0.25, 0.3) is 0 Å². The van der Waals surface area contributed by atoms with Crippen LogP contribution in [0.3, 0.4) is 0 Å². The van der Waals surface area contributed by atoms with E-state index in [1.807, 2.05) is 0 Å². The number of halogens is 1. The molecule has 21 heavy (non-hydrogen) atoms. The first-order valence-corrected chi connectivity index (χ1v) is 9.17. The van der Waals surface area contributed by atoms with Crippen molar-refractivity contribution in [2.45, 2.75) is 68.3 Å². The second kappa shape index (κ2) is 5.59. The van der Waals surface area contributed by atoms with Crippen LogP contribution >= 0.6 is 11.6 Å². The summed E-state index contributed by atoms with van der Waals surface area (Å²) in [6.07, 6.45) is 10.7. The van der Waals surface area contributed by atoms with E-state index in [9.17, 15) is 0 Å². The molecule has 1 aromatic carbocycles. The predicted molar refractivity (Wildman–Crippen MR) is 88.7 cm³/mol. The van der Waals surface area contributed by atoms with Gasteiger partial charge in [0.2, 0.25) is 0 Å². The Balaban J connectivity index is 1.72. The van der Waals surface area contributed by atoms with Crippen LogP contribution in [0, 0.1) is 5.92 Å². The summed E-state index contributed by atoms with van der Waals surface area (Å²) in [7, 11) is 0. The SMILES string of the molecule is Cl[C@]1(c2ccccc2)C[C@@H]2CCCCN2[C@H]2CCCC[C@H]21. The first-order chi connectivity index (χ1) is 10.3. The average molecular weight is 304 g/mol. The Hall–Kier alpha value is -0.530. The highest BCUT2D eigenvalue weighted by Gasteiger charge is 2.52. The monoisotopic (exact) mass is 303 g/mol. The van der Waals surface area contributed by atoms with Crippen LogP contribution in [0.15, 0.2) is 30.3 Å². The Morgan fingerprint density at radius 2 is 1.71 bits per heavy atom. The highest BCUT2D eigenvalue weighted by atomic mass is 35.5. The fourth-order valence-corrected chi connectivity index (χ4v) is 5.82. The molecule has 0 spiro atoms. The smallest absolute Gasteiger partial charge is 0.0752 e. The van der Waals surface area contributed by atoms with Gasteiger partial charge in [0.15, 0.2) is 0 Å². The zero-order chi connectivity index (χ0) is 14.3. The second-order valence-electron chi connectivity index (χ2n) is 7.28. The number of rotatable bonds is 1. The van der Waals surface area contributed by atoms with E-state index in [0.29, 0.717) is 5.92 Å². The summed E-state index contributed by atoms with van der Waals surface area (Å²) in [4.78, 5) is 2.72. The molecular weight excluding hydrogens is 278 g/mol. The van der Waals surface area contributed by atoms with Crippen LogP contribution in [0.4, 0.5) is 0 Å². The van der Waals surface area contributed by atoms with Crippen LogP contribution in [0.5, 0.6) is 0 Å². The largest absolute Gasteiger partial charge is 0.297 e. The molecule has 4 atom stereocenters. The molecule has 3 aliphatic rings. The highest BCUT2D eigenvalue weighted by Crippen LogP contribution is 2.54. The molecule has 4 rings (SSSR count).